The molecule has 0 unspecified atom stereocenters. The fourth-order valence-corrected chi connectivity index (χ4v) is 2.80. The van der Waals surface area contributed by atoms with Crippen LogP contribution < -0.4 is 10.3 Å². The number of pyridine rings is 1. The van der Waals surface area contributed by atoms with Crippen molar-refractivity contribution in [2.75, 3.05) is 0 Å². The number of nitrogens with one attached hydrogen (secondary N) is 1. The predicted octanol–water partition coefficient (Wildman–Crippen LogP) is 4.95. The van der Waals surface area contributed by atoms with Crippen molar-refractivity contribution in [2.45, 2.75) is 6.92 Å². The second-order valence-electron chi connectivity index (χ2n) is 5.88. The maximum Gasteiger partial charge on any atom is 0.257 e. The number of fused-ring (bicyclic) bond motifs is 1. The minimum absolute atomic E-state index is 0.301. The summed E-state index contributed by atoms with van der Waals surface area (Å²) in [6.45, 7) is 5.61. The summed E-state index contributed by atoms with van der Waals surface area (Å²) < 4.78 is 5.73. The number of aromatic nitrogens is 1. The maximum atomic E-state index is 12.6. The van der Waals surface area contributed by atoms with Crippen LogP contribution in [0.1, 0.15) is 18.1 Å². The molecule has 0 aliphatic carbocycles. The molecule has 0 bridgehead atoms. The predicted molar refractivity (Wildman–Crippen MR) is 108 cm³/mol. The Balaban J connectivity index is 2.05. The van der Waals surface area contributed by atoms with Crippen molar-refractivity contribution in [1.29, 1.82) is 5.26 Å². The highest BCUT2D eigenvalue weighted by Gasteiger charge is 2.14. The zero-order valence-corrected chi connectivity index (χ0v) is 14.9. The van der Waals surface area contributed by atoms with E-state index in [1.807, 2.05) is 55.5 Å². The number of aromatic amines is 1. The molecule has 27 heavy (non-hydrogen) atoms. The minimum atomic E-state index is -0.327. The molecule has 0 spiro atoms. The minimum Gasteiger partial charge on any atom is -0.462 e. The Kier molecular flexibility index (Phi) is 5.34. The van der Waals surface area contributed by atoms with Gasteiger partial charge in [-0.1, -0.05) is 55.1 Å². The summed E-state index contributed by atoms with van der Waals surface area (Å²) in [4.78, 5) is 15.4. The molecular weight excluding hydrogens is 336 g/mol. The Labute approximate surface area is 157 Å². The van der Waals surface area contributed by atoms with Crippen molar-refractivity contribution in [3.63, 3.8) is 0 Å². The van der Waals surface area contributed by atoms with Crippen LogP contribution in [0.2, 0.25) is 0 Å². The van der Waals surface area contributed by atoms with Crippen LogP contribution in [0.5, 0.6) is 5.75 Å². The van der Waals surface area contributed by atoms with Gasteiger partial charge in [0.05, 0.1) is 11.1 Å². The van der Waals surface area contributed by atoms with E-state index in [0.717, 1.165) is 5.75 Å². The summed E-state index contributed by atoms with van der Waals surface area (Å²) in [5.74, 6) is 1.37. The van der Waals surface area contributed by atoms with E-state index in [0.29, 0.717) is 33.4 Å². The Hall–Kier alpha value is -3.84. The van der Waals surface area contributed by atoms with Crippen molar-refractivity contribution in [1.82, 2.24) is 4.98 Å². The smallest absolute Gasteiger partial charge is 0.257 e. The Morgan fingerprint density at radius 2 is 1.81 bits per heavy atom. The number of allylic oxidation sites excluding steroid dienone is 5. The lowest BCUT2D eigenvalue weighted by atomic mass is 9.98. The van der Waals surface area contributed by atoms with Crippen LogP contribution in [-0.4, -0.2) is 4.98 Å². The Morgan fingerprint density at radius 3 is 2.52 bits per heavy atom. The van der Waals surface area contributed by atoms with Crippen LogP contribution in [0.15, 0.2) is 90.0 Å². The topological polar surface area (TPSA) is 65.9 Å². The molecular formula is C23H18N2O2. The van der Waals surface area contributed by atoms with E-state index in [4.69, 9.17) is 4.74 Å². The van der Waals surface area contributed by atoms with Crippen LogP contribution in [0.4, 0.5) is 0 Å². The summed E-state index contributed by atoms with van der Waals surface area (Å²) >= 11 is 0. The van der Waals surface area contributed by atoms with E-state index in [-0.39, 0.29) is 5.56 Å². The van der Waals surface area contributed by atoms with Crippen LogP contribution in [0, 0.1) is 11.3 Å². The first-order valence-electron chi connectivity index (χ1n) is 8.43. The summed E-state index contributed by atoms with van der Waals surface area (Å²) in [7, 11) is 0. The van der Waals surface area contributed by atoms with Gasteiger partial charge in [0, 0.05) is 10.9 Å². The number of nitriles is 1. The molecule has 3 aromatic rings. The number of hydrogen-bond donors (Lipinski definition) is 1. The number of hydrogen-bond acceptors (Lipinski definition) is 3. The van der Waals surface area contributed by atoms with E-state index < -0.39 is 0 Å². The standard InChI is InChI=1S/C23H18N2O2/c1-3-17(14-13-16(2)27-18-9-5-4-6-10-18)22-20(15-24)19-11-7-8-12-21(19)25-23(22)26/h3-14H,1H2,2H3,(H,25,26)/b16-13+,17-14+. The molecule has 0 amide bonds. The van der Waals surface area contributed by atoms with Gasteiger partial charge in [0.1, 0.15) is 17.6 Å². The second kappa shape index (κ2) is 8.03. The molecule has 132 valence electrons. The molecule has 0 aliphatic heterocycles. The fraction of sp³-hybridized carbons (Fsp3) is 0.0435. The first-order chi connectivity index (χ1) is 13.1. The molecule has 0 aliphatic rings. The number of ether oxygens (including phenoxy) is 1. The summed E-state index contributed by atoms with van der Waals surface area (Å²) in [6.07, 6.45) is 5.04. The van der Waals surface area contributed by atoms with Gasteiger partial charge in [0.2, 0.25) is 0 Å². The number of para-hydroxylation sites is 2. The summed E-state index contributed by atoms with van der Waals surface area (Å²) in [5, 5.41) is 10.4. The largest absolute Gasteiger partial charge is 0.462 e. The Morgan fingerprint density at radius 1 is 1.11 bits per heavy atom. The van der Waals surface area contributed by atoms with Gasteiger partial charge in [-0.3, -0.25) is 4.79 Å². The Bertz CT molecular complexity index is 1150. The number of benzene rings is 2. The third-order valence-electron chi connectivity index (χ3n) is 4.06. The first-order valence-corrected chi connectivity index (χ1v) is 8.43. The molecule has 0 saturated heterocycles. The molecule has 4 nitrogen and oxygen atoms in total. The lowest BCUT2D eigenvalue weighted by Crippen LogP contribution is -2.14. The molecule has 1 heterocycles. The molecule has 0 fully saturated rings. The zero-order valence-electron chi connectivity index (χ0n) is 14.9. The van der Waals surface area contributed by atoms with Crippen molar-refractivity contribution in [3.05, 3.63) is 107 Å². The molecule has 0 radical (unpaired) electrons. The van der Waals surface area contributed by atoms with Crippen LogP contribution >= 0.6 is 0 Å². The van der Waals surface area contributed by atoms with Gasteiger partial charge in [-0.25, -0.2) is 0 Å². The normalized spacial score (nSPS) is 11.9. The van der Waals surface area contributed by atoms with Gasteiger partial charge in [-0.05, 0) is 36.8 Å². The van der Waals surface area contributed by atoms with Crippen molar-refractivity contribution < 1.29 is 4.74 Å². The van der Waals surface area contributed by atoms with E-state index in [2.05, 4.69) is 17.6 Å². The highest BCUT2D eigenvalue weighted by Crippen LogP contribution is 2.23. The summed E-state index contributed by atoms with van der Waals surface area (Å²) in [6, 6.07) is 18.8. The van der Waals surface area contributed by atoms with Gasteiger partial charge in [-0.15, -0.1) is 0 Å². The zero-order chi connectivity index (χ0) is 19.2. The van der Waals surface area contributed by atoms with Gasteiger partial charge < -0.3 is 9.72 Å². The van der Waals surface area contributed by atoms with Crippen molar-refractivity contribution >= 4 is 16.5 Å². The first kappa shape index (κ1) is 18.0. The number of nitrogens with zero attached hydrogens (tertiary/aromatic N) is 1. The fourth-order valence-electron chi connectivity index (χ4n) is 2.80. The van der Waals surface area contributed by atoms with Gasteiger partial charge in [0.25, 0.3) is 5.56 Å². The van der Waals surface area contributed by atoms with Crippen LogP contribution in [0.3, 0.4) is 0 Å². The van der Waals surface area contributed by atoms with Crippen molar-refractivity contribution in [2.24, 2.45) is 0 Å². The molecule has 3 rings (SSSR count). The van der Waals surface area contributed by atoms with E-state index in [1.165, 1.54) is 0 Å². The second-order valence-corrected chi connectivity index (χ2v) is 5.88. The molecule has 0 atom stereocenters. The van der Waals surface area contributed by atoms with Crippen LogP contribution in [-0.2, 0) is 0 Å². The molecule has 4 heteroatoms. The molecule has 0 saturated carbocycles. The SMILES string of the molecule is C=C/C(=C\C=C(/C)Oc1ccccc1)c1c(C#N)c2ccccc2[nH]c1=O. The van der Waals surface area contributed by atoms with Gasteiger partial charge >= 0.3 is 0 Å². The van der Waals surface area contributed by atoms with Gasteiger partial charge in [-0.2, -0.15) is 5.26 Å². The van der Waals surface area contributed by atoms with E-state index in [9.17, 15) is 10.1 Å². The lowest BCUT2D eigenvalue weighted by molar-refractivity contribution is 0.428. The number of H-pyrrole nitrogens is 1. The monoisotopic (exact) mass is 354 g/mol. The quantitative estimate of drug-likeness (QED) is 0.521. The van der Waals surface area contributed by atoms with Crippen LogP contribution in [0.25, 0.3) is 16.5 Å². The average molecular weight is 354 g/mol. The molecule has 1 aromatic heterocycles. The highest BCUT2D eigenvalue weighted by molar-refractivity contribution is 5.91. The van der Waals surface area contributed by atoms with E-state index >= 15 is 0 Å². The molecule has 2 aromatic carbocycles. The molecule has 1 N–H and O–H groups in total. The third-order valence-corrected chi connectivity index (χ3v) is 4.06. The average Bonchev–Trinajstić information content (AvgIpc) is 2.69. The van der Waals surface area contributed by atoms with E-state index in [1.54, 1.807) is 24.3 Å². The lowest BCUT2D eigenvalue weighted by Gasteiger charge is -2.08. The summed E-state index contributed by atoms with van der Waals surface area (Å²) in [5.41, 5.74) is 1.48. The number of rotatable bonds is 5. The highest BCUT2D eigenvalue weighted by atomic mass is 16.5. The van der Waals surface area contributed by atoms with Crippen molar-refractivity contribution in [3.8, 4) is 11.8 Å². The maximum absolute atomic E-state index is 12.6. The third kappa shape index (κ3) is 3.88. The van der Waals surface area contributed by atoms with Gasteiger partial charge in [0.15, 0.2) is 0 Å².